The van der Waals surface area contributed by atoms with E-state index in [0.29, 0.717) is 25.7 Å². The lowest BCUT2D eigenvalue weighted by Crippen LogP contribution is -2.31. The number of unbranched alkanes of at least 4 members (excludes halogenated alkanes) is 24. The van der Waals surface area contributed by atoms with Crippen LogP contribution in [-0.4, -0.2) is 56.3 Å². The molecule has 0 saturated heterocycles. The highest BCUT2D eigenvalue weighted by atomic mass is 19.4. The Labute approximate surface area is 409 Å². The number of H-pyrrole nitrogens is 2. The number of aromatic nitrogens is 4. The second-order valence-corrected chi connectivity index (χ2v) is 18.7. The molecule has 0 aliphatic carbocycles. The monoisotopic (exact) mass is 999 g/mol. The predicted molar refractivity (Wildman–Crippen MR) is 263 cm³/mol. The molecule has 2 amide bonds. The first-order chi connectivity index (χ1) is 33.5. The molecule has 0 atom stereocenters. The average molecular weight is 999 g/mol. The molecule has 0 aliphatic heterocycles. The van der Waals surface area contributed by atoms with Crippen LogP contribution in [0, 0.1) is 0 Å². The minimum Gasteiger partial charge on any atom is -0.462 e. The van der Waals surface area contributed by atoms with Crippen LogP contribution < -0.4 is 21.8 Å². The Hall–Kier alpha value is -4.77. The highest BCUT2D eigenvalue weighted by molar-refractivity contribution is 5.92. The van der Waals surface area contributed by atoms with E-state index in [0.717, 1.165) is 51.4 Å². The van der Waals surface area contributed by atoms with Crippen molar-refractivity contribution in [3.63, 3.8) is 0 Å². The molecular formula is C52H80F6N6O6. The maximum Gasteiger partial charge on any atom is 0.408 e. The van der Waals surface area contributed by atoms with E-state index in [2.05, 4.69) is 34.7 Å². The number of benzene rings is 1. The molecule has 4 N–H and O–H groups in total. The molecule has 0 radical (unpaired) electrons. The Morgan fingerprint density at radius 3 is 1.13 bits per heavy atom. The van der Waals surface area contributed by atoms with Crippen molar-refractivity contribution in [3.8, 4) is 0 Å². The number of hydrogen-bond acceptors (Lipinski definition) is 6. The fraction of sp³-hybridized carbons (Fsp3) is 0.712. The molecule has 1 aromatic carbocycles. The van der Waals surface area contributed by atoms with Gasteiger partial charge < -0.3 is 15.4 Å². The molecule has 3 aromatic rings. The second-order valence-electron chi connectivity index (χ2n) is 18.7. The van der Waals surface area contributed by atoms with E-state index in [1.54, 1.807) is 6.92 Å². The topological polar surface area (TPSA) is 160 Å². The SMILES string of the molecule is CCCCCCCCCCCCCCCC(=O)Nc1[nH]n(CC(F)(F)F)c(=O)c1C(c1ccc(C(=O)OCC)cc1)c1c(NC(=O)CCCCCCCCCCCCCCC)[nH]n(CC(F)(F)F)c1=O. The summed E-state index contributed by atoms with van der Waals surface area (Å²) in [6.07, 6.45) is 17.6. The summed E-state index contributed by atoms with van der Waals surface area (Å²) in [7, 11) is 0. The molecule has 0 aliphatic rings. The van der Waals surface area contributed by atoms with Gasteiger partial charge in [0.25, 0.3) is 11.1 Å². The number of ether oxygens (including phenoxy) is 1. The van der Waals surface area contributed by atoms with Gasteiger partial charge >= 0.3 is 18.3 Å². The first kappa shape index (κ1) is 59.5. The van der Waals surface area contributed by atoms with E-state index >= 15 is 0 Å². The van der Waals surface area contributed by atoms with Gasteiger partial charge in [-0.05, 0) is 37.5 Å². The Kier molecular flexibility index (Phi) is 27.4. The summed E-state index contributed by atoms with van der Waals surface area (Å²) in [5.41, 5.74) is -3.88. The van der Waals surface area contributed by atoms with E-state index in [1.807, 2.05) is 0 Å². The minimum absolute atomic E-state index is 0.0223. The number of halogens is 6. The van der Waals surface area contributed by atoms with Gasteiger partial charge in [-0.1, -0.05) is 180 Å². The first-order valence-corrected chi connectivity index (χ1v) is 26.1. The normalized spacial score (nSPS) is 12.0. The predicted octanol–water partition coefficient (Wildman–Crippen LogP) is 14.0. The Morgan fingerprint density at radius 2 is 0.829 bits per heavy atom. The van der Waals surface area contributed by atoms with Gasteiger partial charge in [-0.2, -0.15) is 26.3 Å². The zero-order chi connectivity index (χ0) is 51.4. The number of hydrogen-bond donors (Lipinski definition) is 4. The van der Waals surface area contributed by atoms with Gasteiger partial charge in [0.2, 0.25) is 11.8 Å². The molecule has 12 nitrogen and oxygen atoms in total. The number of rotatable bonds is 37. The summed E-state index contributed by atoms with van der Waals surface area (Å²) in [5.74, 6) is -4.87. The summed E-state index contributed by atoms with van der Waals surface area (Å²) >= 11 is 0. The number of nitrogens with one attached hydrogen (secondary N) is 4. The van der Waals surface area contributed by atoms with Gasteiger partial charge in [0, 0.05) is 12.8 Å². The Balaban J connectivity index is 1.90. The van der Waals surface area contributed by atoms with Crippen LogP contribution in [0.2, 0.25) is 0 Å². The lowest BCUT2D eigenvalue weighted by atomic mass is 9.86. The van der Waals surface area contributed by atoms with Crippen LogP contribution in [0.15, 0.2) is 33.9 Å². The van der Waals surface area contributed by atoms with Crippen molar-refractivity contribution in [3.05, 3.63) is 67.2 Å². The van der Waals surface area contributed by atoms with Gasteiger partial charge in [0.1, 0.15) is 24.7 Å². The van der Waals surface area contributed by atoms with Crippen LogP contribution in [-0.2, 0) is 27.4 Å². The van der Waals surface area contributed by atoms with E-state index in [9.17, 15) is 50.3 Å². The molecule has 0 unspecified atom stereocenters. The number of alkyl halides is 6. The molecule has 2 heterocycles. The van der Waals surface area contributed by atoms with Gasteiger partial charge in [0.15, 0.2) is 0 Å². The Bertz CT molecular complexity index is 1970. The van der Waals surface area contributed by atoms with Crippen molar-refractivity contribution < 1.29 is 45.5 Å². The first-order valence-electron chi connectivity index (χ1n) is 26.1. The molecule has 0 spiro atoms. The van der Waals surface area contributed by atoms with Crippen molar-refractivity contribution in [1.29, 1.82) is 0 Å². The van der Waals surface area contributed by atoms with Gasteiger partial charge in [0.05, 0.1) is 29.2 Å². The van der Waals surface area contributed by atoms with Crippen molar-refractivity contribution in [1.82, 2.24) is 19.6 Å². The summed E-state index contributed by atoms with van der Waals surface area (Å²) < 4.78 is 89.2. The summed E-state index contributed by atoms with van der Waals surface area (Å²) in [4.78, 5) is 68.1. The fourth-order valence-corrected chi connectivity index (χ4v) is 8.82. The zero-order valence-electron chi connectivity index (χ0n) is 41.9. The molecule has 0 bridgehead atoms. The van der Waals surface area contributed by atoms with Crippen LogP contribution in [0.25, 0.3) is 0 Å². The highest BCUT2D eigenvalue weighted by Crippen LogP contribution is 2.37. The number of esters is 1. The van der Waals surface area contributed by atoms with Crippen LogP contribution in [0.5, 0.6) is 0 Å². The highest BCUT2D eigenvalue weighted by Gasteiger charge is 2.38. The van der Waals surface area contributed by atoms with Crippen LogP contribution in [0.1, 0.15) is 234 Å². The third kappa shape index (κ3) is 22.5. The number of nitrogens with zero attached hydrogens (tertiary/aromatic N) is 2. The minimum atomic E-state index is -4.95. The largest absolute Gasteiger partial charge is 0.462 e. The third-order valence-corrected chi connectivity index (χ3v) is 12.5. The van der Waals surface area contributed by atoms with Crippen LogP contribution in [0.3, 0.4) is 0 Å². The standard InChI is InChI=1S/C52H80F6N6O6/c1-4-7-9-11-13-15-17-19-21-23-25-27-29-31-41(65)59-46-44(48(67)63(61-46)37-51(53,54)55)43(39-33-35-40(36-34-39)50(69)70-6-3)45-47(62-64(49(45)68)38-52(56,57)58)60-42(66)32-30-28-26-24-22-20-18-16-14-12-10-8-5-2/h33-36,43,61-62H,4-32,37-38H2,1-3H3,(H,59,65)(H,60,66). The molecular weight excluding hydrogens is 919 g/mol. The molecule has 0 saturated carbocycles. The maximum atomic E-state index is 14.2. The molecule has 18 heteroatoms. The molecule has 2 aromatic heterocycles. The number of aromatic amines is 2. The Morgan fingerprint density at radius 1 is 0.514 bits per heavy atom. The summed E-state index contributed by atoms with van der Waals surface area (Å²) in [6.45, 7) is 2.32. The number of carbonyl (C=O) groups is 3. The zero-order valence-corrected chi connectivity index (χ0v) is 41.9. The maximum absolute atomic E-state index is 14.2. The van der Waals surface area contributed by atoms with Crippen molar-refractivity contribution in [2.45, 2.75) is 232 Å². The van der Waals surface area contributed by atoms with Gasteiger partial charge in [-0.3, -0.25) is 29.4 Å². The van der Waals surface area contributed by atoms with Crippen molar-refractivity contribution in [2.75, 3.05) is 17.2 Å². The number of amides is 2. The van der Waals surface area contributed by atoms with Crippen molar-refractivity contribution >= 4 is 29.4 Å². The number of anilines is 2. The molecule has 396 valence electrons. The average Bonchev–Trinajstić information content (AvgIpc) is 3.74. The summed E-state index contributed by atoms with van der Waals surface area (Å²) in [6, 6.07) is 5.08. The van der Waals surface area contributed by atoms with Gasteiger partial charge in [-0.15, -0.1) is 0 Å². The van der Waals surface area contributed by atoms with E-state index in [-0.39, 0.29) is 39.9 Å². The van der Waals surface area contributed by atoms with Gasteiger partial charge in [-0.25, -0.2) is 14.2 Å². The van der Waals surface area contributed by atoms with Crippen LogP contribution >= 0.6 is 0 Å². The molecule has 0 fully saturated rings. The number of carbonyl (C=O) groups excluding carboxylic acids is 3. The van der Waals surface area contributed by atoms with E-state index in [4.69, 9.17) is 4.74 Å². The van der Waals surface area contributed by atoms with E-state index in [1.165, 1.54) is 114 Å². The van der Waals surface area contributed by atoms with Crippen LogP contribution in [0.4, 0.5) is 38.0 Å². The fourth-order valence-electron chi connectivity index (χ4n) is 8.82. The lowest BCUT2D eigenvalue weighted by Gasteiger charge is -2.18. The smallest absolute Gasteiger partial charge is 0.408 e. The quantitative estimate of drug-likeness (QED) is 0.0256. The molecule has 70 heavy (non-hydrogen) atoms. The van der Waals surface area contributed by atoms with Crippen molar-refractivity contribution in [2.24, 2.45) is 0 Å². The summed E-state index contributed by atoms with van der Waals surface area (Å²) in [5, 5.41) is 9.71. The van der Waals surface area contributed by atoms with E-state index < -0.39 is 83.0 Å². The second kappa shape index (κ2) is 32.3. The molecule has 3 rings (SSSR count). The lowest BCUT2D eigenvalue weighted by molar-refractivity contribution is -0.144. The third-order valence-electron chi connectivity index (χ3n) is 12.5.